The number of benzene rings is 1. The maximum atomic E-state index is 10.3. The Bertz CT molecular complexity index is 455. The van der Waals surface area contributed by atoms with Gasteiger partial charge in [0.25, 0.3) is 5.89 Å². The van der Waals surface area contributed by atoms with E-state index in [4.69, 9.17) is 4.42 Å². The number of hydrogen-bond donors (Lipinski definition) is 0. The number of carboxylic acid groups (broad SMARTS) is 1. The van der Waals surface area contributed by atoms with Crippen molar-refractivity contribution in [1.29, 1.82) is 0 Å². The van der Waals surface area contributed by atoms with E-state index in [0.717, 1.165) is 0 Å². The van der Waals surface area contributed by atoms with Gasteiger partial charge in [0, 0.05) is 5.56 Å². The van der Waals surface area contributed by atoms with Crippen LogP contribution in [0.4, 0.5) is 0 Å². The van der Waals surface area contributed by atoms with E-state index in [-0.39, 0.29) is 24.8 Å². The summed E-state index contributed by atoms with van der Waals surface area (Å²) >= 11 is 0. The minimum atomic E-state index is -1.47. The van der Waals surface area contributed by atoms with Crippen molar-refractivity contribution in [3.8, 4) is 11.5 Å². The smallest absolute Gasteiger partial charge is 0.540 e. The van der Waals surface area contributed by atoms with Crippen molar-refractivity contribution in [2.24, 2.45) is 0 Å². The number of carbonyl (C=O) groups excluding carboxylic acids is 1. The molecule has 0 saturated carbocycles. The summed E-state index contributed by atoms with van der Waals surface area (Å²) in [6.07, 6.45) is 0. The molecule has 0 fully saturated rings. The predicted molar refractivity (Wildman–Crippen MR) is 44.1 cm³/mol. The summed E-state index contributed by atoms with van der Waals surface area (Å²) in [6, 6.07) is 8.90. The molecular formula is C9H5LiN2O3. The van der Waals surface area contributed by atoms with Crippen molar-refractivity contribution in [2.45, 2.75) is 0 Å². The average Bonchev–Trinajstić information content (AvgIpc) is 2.68. The average molecular weight is 196 g/mol. The van der Waals surface area contributed by atoms with Crippen molar-refractivity contribution < 1.29 is 33.2 Å². The van der Waals surface area contributed by atoms with Crippen molar-refractivity contribution >= 4 is 5.97 Å². The predicted octanol–water partition coefficient (Wildman–Crippen LogP) is -2.90. The van der Waals surface area contributed by atoms with E-state index in [1.807, 2.05) is 6.07 Å². The first-order valence-corrected chi connectivity index (χ1v) is 3.87. The van der Waals surface area contributed by atoms with Gasteiger partial charge >= 0.3 is 18.9 Å². The Balaban J connectivity index is 0.00000112. The molecule has 0 aliphatic heterocycles. The zero-order chi connectivity index (χ0) is 9.97. The molecule has 1 heterocycles. The van der Waals surface area contributed by atoms with Crippen LogP contribution in [0.15, 0.2) is 34.7 Å². The molecule has 0 aliphatic carbocycles. The van der Waals surface area contributed by atoms with Crippen molar-refractivity contribution in [2.75, 3.05) is 0 Å². The van der Waals surface area contributed by atoms with Crippen LogP contribution in [0, 0.1) is 0 Å². The molecule has 0 aliphatic rings. The summed E-state index contributed by atoms with van der Waals surface area (Å²) in [4.78, 5) is 10.3. The van der Waals surface area contributed by atoms with Crippen LogP contribution in [-0.2, 0) is 0 Å². The first kappa shape index (κ1) is 11.5. The summed E-state index contributed by atoms with van der Waals surface area (Å²) in [6.45, 7) is 0. The molecule has 1 aromatic carbocycles. The maximum Gasteiger partial charge on any atom is 1.00 e. The van der Waals surface area contributed by atoms with Gasteiger partial charge in [-0.25, -0.2) is 0 Å². The van der Waals surface area contributed by atoms with E-state index >= 15 is 0 Å². The molecule has 0 spiro atoms. The fourth-order valence-electron chi connectivity index (χ4n) is 1.00. The molecule has 1 aromatic heterocycles. The molecule has 2 rings (SSSR count). The molecule has 0 saturated heterocycles. The fraction of sp³-hybridized carbons (Fsp3) is 0. The minimum Gasteiger partial charge on any atom is -0.540 e. The van der Waals surface area contributed by atoms with Gasteiger partial charge in [0.2, 0.25) is 5.89 Å². The second-order valence-corrected chi connectivity index (χ2v) is 2.57. The van der Waals surface area contributed by atoms with E-state index in [1.165, 1.54) is 0 Å². The van der Waals surface area contributed by atoms with E-state index in [0.29, 0.717) is 5.56 Å². The number of carbonyl (C=O) groups is 1. The van der Waals surface area contributed by atoms with E-state index in [1.54, 1.807) is 24.3 Å². The Labute approximate surface area is 97.3 Å². The third-order valence-electron chi connectivity index (χ3n) is 1.62. The van der Waals surface area contributed by atoms with Crippen molar-refractivity contribution in [3.63, 3.8) is 0 Å². The Kier molecular flexibility index (Phi) is 3.66. The summed E-state index contributed by atoms with van der Waals surface area (Å²) in [5, 5.41) is 17.2. The van der Waals surface area contributed by atoms with Crippen molar-refractivity contribution in [3.05, 3.63) is 36.2 Å². The van der Waals surface area contributed by atoms with Crippen LogP contribution in [0.5, 0.6) is 0 Å². The van der Waals surface area contributed by atoms with E-state index < -0.39 is 11.9 Å². The molecule has 0 unspecified atom stereocenters. The molecule has 15 heavy (non-hydrogen) atoms. The van der Waals surface area contributed by atoms with Gasteiger partial charge in [0.1, 0.15) is 5.97 Å². The standard InChI is InChI=1S/C9H6N2O3.Li/c12-9(13)8-11-10-7(14-8)6-4-2-1-3-5-6;/h1-5H,(H,12,13);/q;+1/p-1. The van der Waals surface area contributed by atoms with Gasteiger partial charge in [-0.15, -0.1) is 10.2 Å². The van der Waals surface area contributed by atoms with E-state index in [2.05, 4.69) is 10.2 Å². The van der Waals surface area contributed by atoms with Crippen molar-refractivity contribution in [1.82, 2.24) is 10.2 Å². The largest absolute Gasteiger partial charge is 1.00 e. The first-order chi connectivity index (χ1) is 6.77. The zero-order valence-electron chi connectivity index (χ0n) is 8.01. The zero-order valence-corrected chi connectivity index (χ0v) is 8.01. The number of hydrogen-bond acceptors (Lipinski definition) is 5. The molecule has 0 radical (unpaired) electrons. The second-order valence-electron chi connectivity index (χ2n) is 2.57. The molecule has 0 N–H and O–H groups in total. The molecule has 0 amide bonds. The molecule has 0 bridgehead atoms. The van der Waals surface area contributed by atoms with Crippen LogP contribution in [-0.4, -0.2) is 16.2 Å². The minimum absolute atomic E-state index is 0. The maximum absolute atomic E-state index is 10.3. The summed E-state index contributed by atoms with van der Waals surface area (Å²) in [5.41, 5.74) is 0.674. The van der Waals surface area contributed by atoms with Gasteiger partial charge in [-0.1, -0.05) is 18.2 Å². The van der Waals surface area contributed by atoms with Gasteiger partial charge in [-0.05, 0) is 12.1 Å². The molecule has 6 heteroatoms. The van der Waals surface area contributed by atoms with Gasteiger partial charge in [-0.3, -0.25) is 0 Å². The third kappa shape index (κ3) is 2.46. The summed E-state index contributed by atoms with van der Waals surface area (Å²) in [5.74, 6) is -1.81. The van der Waals surface area contributed by atoms with Crippen LogP contribution in [0.1, 0.15) is 10.7 Å². The van der Waals surface area contributed by atoms with E-state index in [9.17, 15) is 9.90 Å². The second kappa shape index (κ2) is 4.78. The Hall–Kier alpha value is -1.57. The number of aromatic nitrogens is 2. The monoisotopic (exact) mass is 196 g/mol. The summed E-state index contributed by atoms with van der Waals surface area (Å²) < 4.78 is 4.85. The van der Waals surface area contributed by atoms with Crippen LogP contribution < -0.4 is 24.0 Å². The number of nitrogens with zero attached hydrogens (tertiary/aromatic N) is 2. The van der Waals surface area contributed by atoms with Crippen LogP contribution >= 0.6 is 0 Å². The van der Waals surface area contributed by atoms with Crippen LogP contribution in [0.3, 0.4) is 0 Å². The van der Waals surface area contributed by atoms with Gasteiger partial charge < -0.3 is 14.3 Å². The first-order valence-electron chi connectivity index (χ1n) is 3.87. The quantitative estimate of drug-likeness (QED) is 0.481. The van der Waals surface area contributed by atoms with Crippen LogP contribution in [0.2, 0.25) is 0 Å². The number of aromatic carboxylic acids is 1. The Morgan fingerprint density at radius 2 is 1.87 bits per heavy atom. The molecule has 2 aromatic rings. The topological polar surface area (TPSA) is 79.0 Å². The molecule has 70 valence electrons. The Morgan fingerprint density at radius 1 is 1.20 bits per heavy atom. The molecular weight excluding hydrogens is 191 g/mol. The van der Waals surface area contributed by atoms with Crippen LogP contribution in [0.25, 0.3) is 11.5 Å². The van der Waals surface area contributed by atoms with Gasteiger partial charge in [0.15, 0.2) is 0 Å². The number of rotatable bonds is 2. The van der Waals surface area contributed by atoms with Gasteiger partial charge in [0.05, 0.1) is 0 Å². The third-order valence-corrected chi connectivity index (χ3v) is 1.62. The fourth-order valence-corrected chi connectivity index (χ4v) is 1.00. The van der Waals surface area contributed by atoms with Gasteiger partial charge in [-0.2, -0.15) is 0 Å². The number of carboxylic acids is 1. The Morgan fingerprint density at radius 3 is 2.40 bits per heavy atom. The molecule has 0 atom stereocenters. The summed E-state index contributed by atoms with van der Waals surface area (Å²) in [7, 11) is 0. The molecule has 5 nitrogen and oxygen atoms in total. The SMILES string of the molecule is O=C([O-])c1nnc(-c2ccccc2)o1.[Li+]. The normalized spacial score (nSPS) is 9.33.